The summed E-state index contributed by atoms with van der Waals surface area (Å²) < 4.78 is 28.3. The summed E-state index contributed by atoms with van der Waals surface area (Å²) in [6.07, 6.45) is 2.53. The van der Waals surface area contributed by atoms with Crippen molar-refractivity contribution in [3.63, 3.8) is 0 Å². The van der Waals surface area contributed by atoms with Gasteiger partial charge in [-0.1, -0.05) is 11.6 Å². The highest BCUT2D eigenvalue weighted by Gasteiger charge is 2.32. The van der Waals surface area contributed by atoms with Gasteiger partial charge in [-0.3, -0.25) is 9.48 Å². The van der Waals surface area contributed by atoms with Gasteiger partial charge in [0.05, 0.1) is 11.4 Å². The van der Waals surface area contributed by atoms with Gasteiger partial charge in [-0.2, -0.15) is 9.40 Å². The molecule has 3 rings (SSSR count). The Labute approximate surface area is 157 Å². The van der Waals surface area contributed by atoms with Gasteiger partial charge in [0.25, 0.3) is 0 Å². The minimum atomic E-state index is -3.56. The van der Waals surface area contributed by atoms with E-state index in [9.17, 15) is 13.2 Å². The molecule has 0 atom stereocenters. The van der Waals surface area contributed by atoms with Gasteiger partial charge < -0.3 is 5.32 Å². The lowest BCUT2D eigenvalue weighted by Gasteiger charge is -2.30. The van der Waals surface area contributed by atoms with Crippen LogP contribution in [0.5, 0.6) is 0 Å². The van der Waals surface area contributed by atoms with Crippen LogP contribution in [0, 0.1) is 5.92 Å². The van der Waals surface area contributed by atoms with Crippen LogP contribution in [0.3, 0.4) is 0 Å². The molecule has 1 saturated heterocycles. The van der Waals surface area contributed by atoms with Crippen molar-refractivity contribution in [1.82, 2.24) is 24.4 Å². The Balaban J connectivity index is 1.54. The van der Waals surface area contributed by atoms with Crippen LogP contribution in [-0.2, 0) is 28.4 Å². The van der Waals surface area contributed by atoms with Crippen molar-refractivity contribution in [2.75, 3.05) is 13.1 Å². The number of aromatic nitrogens is 3. The van der Waals surface area contributed by atoms with E-state index in [2.05, 4.69) is 15.4 Å². The summed E-state index contributed by atoms with van der Waals surface area (Å²) >= 11 is 5.81. The molecule has 0 spiro atoms. The van der Waals surface area contributed by atoms with Gasteiger partial charge in [0, 0.05) is 31.1 Å². The zero-order valence-corrected chi connectivity index (χ0v) is 15.9. The molecule has 1 N–H and O–H groups in total. The zero-order chi connectivity index (χ0) is 18.7. The number of amides is 1. The van der Waals surface area contributed by atoms with Crippen molar-refractivity contribution in [2.45, 2.75) is 24.3 Å². The molecule has 1 aromatic carbocycles. The van der Waals surface area contributed by atoms with E-state index in [1.165, 1.54) is 16.4 Å². The maximum absolute atomic E-state index is 12.7. The Kier molecular flexibility index (Phi) is 5.59. The van der Waals surface area contributed by atoms with Crippen LogP contribution in [0.25, 0.3) is 0 Å². The number of rotatable bonds is 5. The summed E-state index contributed by atoms with van der Waals surface area (Å²) in [4.78, 5) is 16.6. The molecule has 1 aliphatic heterocycles. The van der Waals surface area contributed by atoms with E-state index in [0.29, 0.717) is 36.8 Å². The van der Waals surface area contributed by atoms with Gasteiger partial charge in [0.1, 0.15) is 6.33 Å². The van der Waals surface area contributed by atoms with E-state index in [4.69, 9.17) is 11.6 Å². The van der Waals surface area contributed by atoms with Crippen LogP contribution >= 0.6 is 11.6 Å². The van der Waals surface area contributed by atoms with E-state index < -0.39 is 10.0 Å². The molecule has 0 radical (unpaired) electrons. The van der Waals surface area contributed by atoms with Gasteiger partial charge in [0.15, 0.2) is 5.82 Å². The van der Waals surface area contributed by atoms with Crippen molar-refractivity contribution in [1.29, 1.82) is 0 Å². The van der Waals surface area contributed by atoms with Gasteiger partial charge in [-0.15, -0.1) is 0 Å². The van der Waals surface area contributed by atoms with Crippen molar-refractivity contribution >= 4 is 27.5 Å². The lowest BCUT2D eigenvalue weighted by molar-refractivity contribution is -0.126. The number of nitrogens with zero attached hydrogens (tertiary/aromatic N) is 4. The highest BCUT2D eigenvalue weighted by Crippen LogP contribution is 2.24. The summed E-state index contributed by atoms with van der Waals surface area (Å²) in [5.74, 6) is 0.236. The molecule has 8 nitrogen and oxygen atoms in total. The molecule has 0 bridgehead atoms. The largest absolute Gasteiger partial charge is 0.348 e. The predicted molar refractivity (Wildman–Crippen MR) is 95.8 cm³/mol. The molecule has 1 aromatic heterocycles. The number of sulfonamides is 1. The number of carbonyl (C=O) groups is 1. The third-order valence-electron chi connectivity index (χ3n) is 4.34. The number of hydrogen-bond acceptors (Lipinski definition) is 5. The van der Waals surface area contributed by atoms with Crippen LogP contribution in [0.2, 0.25) is 5.02 Å². The SMILES string of the molecule is Cn1cnc(CNC(=O)C2CCN(S(=O)(=O)c3ccc(Cl)cc3)CC2)n1. The summed E-state index contributed by atoms with van der Waals surface area (Å²) in [7, 11) is -1.80. The fraction of sp³-hybridized carbons (Fsp3) is 0.438. The molecule has 2 heterocycles. The van der Waals surface area contributed by atoms with Crippen LogP contribution in [0.1, 0.15) is 18.7 Å². The highest BCUT2D eigenvalue weighted by molar-refractivity contribution is 7.89. The van der Waals surface area contributed by atoms with E-state index >= 15 is 0 Å². The van der Waals surface area contributed by atoms with Crippen molar-refractivity contribution in [3.8, 4) is 0 Å². The number of carbonyl (C=O) groups excluding carboxylic acids is 1. The Morgan fingerprint density at radius 1 is 1.27 bits per heavy atom. The number of benzene rings is 1. The number of hydrogen-bond donors (Lipinski definition) is 1. The highest BCUT2D eigenvalue weighted by atomic mass is 35.5. The quantitative estimate of drug-likeness (QED) is 0.817. The normalized spacial score (nSPS) is 16.5. The van der Waals surface area contributed by atoms with Crippen LogP contribution in [0.4, 0.5) is 0 Å². The van der Waals surface area contributed by atoms with Crippen molar-refractivity contribution < 1.29 is 13.2 Å². The third kappa shape index (κ3) is 4.22. The molecule has 0 saturated carbocycles. The molecule has 2 aromatic rings. The van der Waals surface area contributed by atoms with E-state index in [-0.39, 0.29) is 23.3 Å². The van der Waals surface area contributed by atoms with E-state index in [1.54, 1.807) is 30.2 Å². The molecule has 0 aliphatic carbocycles. The number of aryl methyl sites for hydroxylation is 1. The van der Waals surface area contributed by atoms with Gasteiger partial charge in [-0.05, 0) is 37.1 Å². The van der Waals surface area contributed by atoms with Crippen LogP contribution < -0.4 is 5.32 Å². The first-order valence-electron chi connectivity index (χ1n) is 8.24. The molecule has 1 fully saturated rings. The number of nitrogens with one attached hydrogen (secondary N) is 1. The predicted octanol–water partition coefficient (Wildman–Crippen LogP) is 1.19. The Morgan fingerprint density at radius 3 is 2.50 bits per heavy atom. The third-order valence-corrected chi connectivity index (χ3v) is 6.51. The summed E-state index contributed by atoms with van der Waals surface area (Å²) in [6, 6.07) is 6.10. The molecule has 1 amide bonds. The minimum Gasteiger partial charge on any atom is -0.348 e. The Bertz CT molecular complexity index is 874. The molecular weight excluding hydrogens is 378 g/mol. The Morgan fingerprint density at radius 2 is 1.92 bits per heavy atom. The van der Waals surface area contributed by atoms with Crippen LogP contribution in [0.15, 0.2) is 35.5 Å². The van der Waals surface area contributed by atoms with E-state index in [0.717, 1.165) is 0 Å². The molecule has 0 unspecified atom stereocenters. The first-order valence-corrected chi connectivity index (χ1v) is 10.1. The first-order chi connectivity index (χ1) is 12.4. The maximum Gasteiger partial charge on any atom is 0.243 e. The van der Waals surface area contributed by atoms with Crippen molar-refractivity contribution in [2.24, 2.45) is 13.0 Å². The van der Waals surface area contributed by atoms with Crippen molar-refractivity contribution in [3.05, 3.63) is 41.4 Å². The van der Waals surface area contributed by atoms with Gasteiger partial charge >= 0.3 is 0 Å². The monoisotopic (exact) mass is 397 g/mol. The zero-order valence-electron chi connectivity index (χ0n) is 14.3. The fourth-order valence-electron chi connectivity index (χ4n) is 2.89. The van der Waals surface area contributed by atoms with E-state index in [1.807, 2.05) is 0 Å². The second-order valence-electron chi connectivity index (χ2n) is 6.18. The second-order valence-corrected chi connectivity index (χ2v) is 8.56. The summed E-state index contributed by atoms with van der Waals surface area (Å²) in [5, 5.41) is 7.41. The molecule has 10 heteroatoms. The second kappa shape index (κ2) is 7.73. The number of halogens is 1. The number of piperidine rings is 1. The first kappa shape index (κ1) is 18.8. The van der Waals surface area contributed by atoms with Gasteiger partial charge in [-0.25, -0.2) is 13.4 Å². The Hall–Kier alpha value is -1.97. The topological polar surface area (TPSA) is 97.2 Å². The van der Waals surface area contributed by atoms with Crippen LogP contribution in [-0.4, -0.2) is 46.5 Å². The average Bonchev–Trinajstić information content (AvgIpc) is 3.05. The maximum atomic E-state index is 12.7. The minimum absolute atomic E-state index is 0.0963. The molecule has 26 heavy (non-hydrogen) atoms. The summed E-state index contributed by atoms with van der Waals surface area (Å²) in [5.41, 5.74) is 0. The smallest absolute Gasteiger partial charge is 0.243 e. The standard InChI is InChI=1S/C16H20ClN5O3S/c1-21-11-19-15(20-21)10-18-16(23)12-6-8-22(9-7-12)26(24,25)14-4-2-13(17)3-5-14/h2-5,11-12H,6-10H2,1H3,(H,18,23). The fourth-order valence-corrected chi connectivity index (χ4v) is 4.49. The van der Waals surface area contributed by atoms with Gasteiger partial charge in [0.2, 0.25) is 15.9 Å². The molecule has 1 aliphatic rings. The average molecular weight is 398 g/mol. The summed E-state index contributed by atoms with van der Waals surface area (Å²) in [6.45, 7) is 0.888. The lowest BCUT2D eigenvalue weighted by atomic mass is 9.97. The molecular formula is C16H20ClN5O3S. The molecule has 140 valence electrons. The lowest BCUT2D eigenvalue weighted by Crippen LogP contribution is -2.42.